The van der Waals surface area contributed by atoms with Crippen LogP contribution in [0.4, 0.5) is 5.69 Å². The summed E-state index contributed by atoms with van der Waals surface area (Å²) in [6.45, 7) is 6.53. The third-order valence-electron chi connectivity index (χ3n) is 8.10. The number of hydrogen-bond acceptors (Lipinski definition) is 4. The van der Waals surface area contributed by atoms with Crippen molar-refractivity contribution in [2.24, 2.45) is 4.99 Å². The van der Waals surface area contributed by atoms with Crippen molar-refractivity contribution >= 4 is 33.2 Å². The number of nitrogens with zero attached hydrogens (tertiary/aromatic N) is 4. The Labute approximate surface area is 235 Å². The summed E-state index contributed by atoms with van der Waals surface area (Å²) in [5.41, 5.74) is 11.0. The summed E-state index contributed by atoms with van der Waals surface area (Å²) in [6, 6.07) is 23.7. The second kappa shape index (κ2) is 9.95. The van der Waals surface area contributed by atoms with E-state index in [1.54, 1.807) is 0 Å². The van der Waals surface area contributed by atoms with E-state index < -0.39 is 0 Å². The third-order valence-corrected chi connectivity index (χ3v) is 8.10. The molecule has 1 aliphatic heterocycles. The summed E-state index contributed by atoms with van der Waals surface area (Å²) in [5, 5.41) is 2.26. The van der Waals surface area contributed by atoms with Crippen LogP contribution in [0.15, 0.2) is 96.0 Å². The summed E-state index contributed by atoms with van der Waals surface area (Å²) >= 11 is 0. The number of para-hydroxylation sites is 1. The Morgan fingerprint density at radius 1 is 0.800 bits per heavy atom. The van der Waals surface area contributed by atoms with Gasteiger partial charge in [0.05, 0.1) is 22.4 Å². The molecule has 3 heterocycles. The van der Waals surface area contributed by atoms with Crippen LogP contribution in [0, 0.1) is 0 Å². The molecule has 2 aliphatic rings. The average molecular weight is 521 g/mol. The van der Waals surface area contributed by atoms with Crippen molar-refractivity contribution in [3.05, 3.63) is 108 Å². The maximum atomic E-state index is 5.18. The Bertz CT molecular complexity index is 1880. The maximum absolute atomic E-state index is 5.18. The largest absolute Gasteiger partial charge is 0.256 e. The lowest BCUT2D eigenvalue weighted by atomic mass is 9.92. The zero-order valence-corrected chi connectivity index (χ0v) is 23.2. The maximum Gasteiger partial charge on any atom is 0.160 e. The monoisotopic (exact) mass is 520 g/mol. The highest BCUT2D eigenvalue weighted by atomic mass is 14.9. The first kappa shape index (κ1) is 24.6. The van der Waals surface area contributed by atoms with E-state index in [0.717, 1.165) is 75.1 Å². The highest BCUT2D eigenvalue weighted by Gasteiger charge is 2.20. The van der Waals surface area contributed by atoms with Gasteiger partial charge in [-0.05, 0) is 67.0 Å². The number of aryl methyl sites for hydroxylation is 1. The van der Waals surface area contributed by atoms with Crippen LogP contribution in [0.2, 0.25) is 0 Å². The van der Waals surface area contributed by atoms with Crippen molar-refractivity contribution in [2.45, 2.75) is 51.9 Å². The van der Waals surface area contributed by atoms with Gasteiger partial charge in [-0.25, -0.2) is 9.97 Å². The Morgan fingerprint density at radius 3 is 2.52 bits per heavy atom. The van der Waals surface area contributed by atoms with Crippen LogP contribution in [0.5, 0.6) is 0 Å². The Kier molecular flexibility index (Phi) is 6.11. The first-order chi connectivity index (χ1) is 19.5. The van der Waals surface area contributed by atoms with Crippen molar-refractivity contribution in [1.29, 1.82) is 0 Å². The minimum Gasteiger partial charge on any atom is -0.256 e. The first-order valence-electron chi connectivity index (χ1n) is 14.3. The SMILES string of the molecule is CC1=Nc2c(ccc3c(-c4cccc(-c5nc(C6C=CC=CC6)c6ccccc6n5)c4)cc(C(C)C)nc23)CC1. The van der Waals surface area contributed by atoms with Crippen molar-refractivity contribution < 1.29 is 0 Å². The second-order valence-electron chi connectivity index (χ2n) is 11.3. The van der Waals surface area contributed by atoms with Crippen LogP contribution in [0.25, 0.3) is 44.3 Å². The normalized spacial score (nSPS) is 16.5. The molecule has 0 saturated heterocycles. The lowest BCUT2D eigenvalue weighted by molar-refractivity contribution is 0.823. The van der Waals surface area contributed by atoms with E-state index in [4.69, 9.17) is 19.9 Å². The molecule has 4 heteroatoms. The lowest BCUT2D eigenvalue weighted by Gasteiger charge is -2.19. The number of hydrogen-bond donors (Lipinski definition) is 0. The molecule has 4 nitrogen and oxygen atoms in total. The van der Waals surface area contributed by atoms with Crippen LogP contribution in [0.1, 0.15) is 62.4 Å². The van der Waals surface area contributed by atoms with E-state index in [0.29, 0.717) is 5.92 Å². The van der Waals surface area contributed by atoms with Crippen LogP contribution >= 0.6 is 0 Å². The fraction of sp³-hybridized carbons (Fsp3) is 0.222. The van der Waals surface area contributed by atoms with Gasteiger partial charge in [0, 0.05) is 33.7 Å². The molecule has 0 N–H and O–H groups in total. The van der Waals surface area contributed by atoms with E-state index in [9.17, 15) is 0 Å². The topological polar surface area (TPSA) is 51.0 Å². The highest BCUT2D eigenvalue weighted by molar-refractivity contribution is 6.03. The van der Waals surface area contributed by atoms with Gasteiger partial charge >= 0.3 is 0 Å². The average Bonchev–Trinajstić information content (AvgIpc) is 3.00. The molecule has 0 fully saturated rings. The Balaban J connectivity index is 1.41. The summed E-state index contributed by atoms with van der Waals surface area (Å²) in [5.74, 6) is 1.31. The second-order valence-corrected chi connectivity index (χ2v) is 11.3. The predicted molar refractivity (Wildman–Crippen MR) is 167 cm³/mol. The molecule has 0 radical (unpaired) electrons. The van der Waals surface area contributed by atoms with E-state index in [1.807, 2.05) is 0 Å². The summed E-state index contributed by atoms with van der Waals surface area (Å²) in [6.07, 6.45) is 11.7. The third kappa shape index (κ3) is 4.34. The molecule has 2 aromatic heterocycles. The van der Waals surface area contributed by atoms with Gasteiger partial charge in [0.1, 0.15) is 0 Å². The molecule has 196 valence electrons. The molecule has 0 saturated carbocycles. The molecule has 0 spiro atoms. The van der Waals surface area contributed by atoms with Gasteiger partial charge in [0.2, 0.25) is 0 Å². The van der Waals surface area contributed by atoms with Crippen molar-refractivity contribution in [1.82, 2.24) is 15.0 Å². The Morgan fingerprint density at radius 2 is 1.68 bits per heavy atom. The zero-order valence-electron chi connectivity index (χ0n) is 23.2. The summed E-state index contributed by atoms with van der Waals surface area (Å²) in [4.78, 5) is 20.3. The number of benzene rings is 3. The number of pyridine rings is 1. The van der Waals surface area contributed by atoms with Gasteiger partial charge in [0.15, 0.2) is 5.82 Å². The smallest absolute Gasteiger partial charge is 0.160 e. The van der Waals surface area contributed by atoms with E-state index in [1.165, 1.54) is 16.8 Å². The highest BCUT2D eigenvalue weighted by Crippen LogP contribution is 2.40. The summed E-state index contributed by atoms with van der Waals surface area (Å²) < 4.78 is 0. The van der Waals surface area contributed by atoms with Gasteiger partial charge in [-0.3, -0.25) is 9.98 Å². The van der Waals surface area contributed by atoms with Gasteiger partial charge in [-0.15, -0.1) is 0 Å². The molecular weight excluding hydrogens is 488 g/mol. The number of rotatable bonds is 4. The first-order valence-corrected chi connectivity index (χ1v) is 14.3. The fourth-order valence-electron chi connectivity index (χ4n) is 5.88. The van der Waals surface area contributed by atoms with Crippen LogP contribution < -0.4 is 0 Å². The number of aromatic nitrogens is 3. The van der Waals surface area contributed by atoms with Gasteiger partial charge in [-0.1, -0.05) is 86.7 Å². The molecule has 3 aromatic carbocycles. The van der Waals surface area contributed by atoms with E-state index >= 15 is 0 Å². The van der Waals surface area contributed by atoms with Crippen LogP contribution in [-0.4, -0.2) is 20.7 Å². The quantitative estimate of drug-likeness (QED) is 0.237. The minimum atomic E-state index is 0.243. The standard InChI is InChI=1S/C36H32N4/c1-22(2)32-21-30(28-19-18-25-17-16-23(3)37-34(25)35(28)38-32)26-12-9-13-27(20-26)36-39-31-15-8-7-14-29(31)33(40-36)24-10-5-4-6-11-24/h4-10,12-15,18-22,24H,11,16-17H2,1-3H3. The molecule has 40 heavy (non-hydrogen) atoms. The summed E-state index contributed by atoms with van der Waals surface area (Å²) in [7, 11) is 0. The van der Waals surface area contributed by atoms with Crippen LogP contribution in [0.3, 0.4) is 0 Å². The van der Waals surface area contributed by atoms with Crippen molar-refractivity contribution in [2.75, 3.05) is 0 Å². The van der Waals surface area contributed by atoms with E-state index in [2.05, 4.69) is 112 Å². The van der Waals surface area contributed by atoms with Crippen molar-refractivity contribution in [3.8, 4) is 22.5 Å². The molecule has 1 unspecified atom stereocenters. The van der Waals surface area contributed by atoms with Crippen molar-refractivity contribution in [3.63, 3.8) is 0 Å². The van der Waals surface area contributed by atoms with Gasteiger partial charge in [0.25, 0.3) is 0 Å². The minimum absolute atomic E-state index is 0.243. The number of fused-ring (bicyclic) bond motifs is 4. The van der Waals surface area contributed by atoms with Gasteiger partial charge < -0.3 is 0 Å². The number of allylic oxidation sites excluding steroid dienone is 4. The molecule has 5 aromatic rings. The fourth-order valence-corrected chi connectivity index (χ4v) is 5.88. The molecule has 1 atom stereocenters. The van der Waals surface area contributed by atoms with E-state index in [-0.39, 0.29) is 5.92 Å². The molecule has 1 aliphatic carbocycles. The molecular formula is C36H32N4. The number of aliphatic imine (C=N–C) groups is 1. The predicted octanol–water partition coefficient (Wildman–Crippen LogP) is 9.27. The van der Waals surface area contributed by atoms with Crippen LogP contribution in [-0.2, 0) is 6.42 Å². The Hall–Kier alpha value is -4.44. The van der Waals surface area contributed by atoms with Gasteiger partial charge in [-0.2, -0.15) is 0 Å². The lowest BCUT2D eigenvalue weighted by Crippen LogP contribution is -2.04. The molecule has 0 bridgehead atoms. The molecule has 7 rings (SSSR count). The zero-order chi connectivity index (χ0) is 27.2. The molecule has 0 amide bonds.